The van der Waals surface area contributed by atoms with E-state index in [0.717, 1.165) is 6.20 Å². The minimum Gasteiger partial charge on any atom is -0.482 e. The van der Waals surface area contributed by atoms with Crippen molar-refractivity contribution in [2.45, 2.75) is 26.8 Å². The first-order chi connectivity index (χ1) is 12.7. The summed E-state index contributed by atoms with van der Waals surface area (Å²) in [6.45, 7) is 3.55. The Morgan fingerprint density at radius 2 is 1.89 bits per heavy atom. The van der Waals surface area contributed by atoms with Crippen LogP contribution in [0.15, 0.2) is 30.5 Å². The van der Waals surface area contributed by atoms with Crippen LogP contribution in [0.5, 0.6) is 5.75 Å². The summed E-state index contributed by atoms with van der Waals surface area (Å²) in [5.74, 6) is -1.30. The van der Waals surface area contributed by atoms with Crippen molar-refractivity contribution in [3.05, 3.63) is 41.7 Å². The average molecular weight is 381 g/mol. The molecule has 1 aromatic carbocycles. The lowest BCUT2D eigenvalue weighted by Gasteiger charge is -2.18. The fourth-order valence-electron chi connectivity index (χ4n) is 2.49. The Kier molecular flexibility index (Phi) is 6.49. The number of alkyl halides is 2. The van der Waals surface area contributed by atoms with Crippen molar-refractivity contribution >= 4 is 17.6 Å². The molecule has 27 heavy (non-hydrogen) atoms. The number of aliphatic carboxylic acids is 1. The van der Waals surface area contributed by atoms with Crippen LogP contribution in [0.2, 0.25) is 0 Å². The summed E-state index contributed by atoms with van der Waals surface area (Å²) in [6.07, 6.45) is -1.67. The summed E-state index contributed by atoms with van der Waals surface area (Å²) in [5, 5.41) is 12.5. The predicted octanol–water partition coefficient (Wildman–Crippen LogP) is 3.22. The molecule has 0 atom stereocenters. The summed E-state index contributed by atoms with van der Waals surface area (Å²) in [4.78, 5) is 24.4. The van der Waals surface area contributed by atoms with Gasteiger partial charge in [0.1, 0.15) is 11.4 Å². The molecule has 0 saturated heterocycles. The van der Waals surface area contributed by atoms with E-state index in [1.54, 1.807) is 0 Å². The van der Waals surface area contributed by atoms with Crippen LogP contribution in [0, 0.1) is 5.92 Å². The molecule has 0 bridgehead atoms. The standard InChI is InChI=1S/C18H21F2N3O4/c1-11(2)9-23-16(17(19)20)14(8-21-23)18(26)22(3)12-4-6-13(7-5-12)27-10-15(24)25/h4-8,11,17H,9-10H2,1-3H3,(H,24,25). The zero-order valence-electron chi connectivity index (χ0n) is 15.2. The minimum absolute atomic E-state index is 0.0985. The van der Waals surface area contributed by atoms with Crippen LogP contribution in [0.3, 0.4) is 0 Å². The van der Waals surface area contributed by atoms with Gasteiger partial charge in [0.05, 0.1) is 11.8 Å². The molecule has 7 nitrogen and oxygen atoms in total. The second-order valence-electron chi connectivity index (χ2n) is 6.36. The summed E-state index contributed by atoms with van der Waals surface area (Å²) < 4.78 is 33.2. The van der Waals surface area contributed by atoms with Gasteiger partial charge in [0.2, 0.25) is 0 Å². The number of rotatable bonds is 8. The fourth-order valence-corrected chi connectivity index (χ4v) is 2.49. The zero-order chi connectivity index (χ0) is 20.1. The van der Waals surface area contributed by atoms with E-state index < -0.39 is 30.6 Å². The highest BCUT2D eigenvalue weighted by atomic mass is 19.3. The van der Waals surface area contributed by atoms with E-state index in [2.05, 4.69) is 5.10 Å². The van der Waals surface area contributed by atoms with Crippen molar-refractivity contribution < 1.29 is 28.2 Å². The molecular weight excluding hydrogens is 360 g/mol. The molecule has 1 N–H and O–H groups in total. The number of halogens is 2. The maximum Gasteiger partial charge on any atom is 0.341 e. The quantitative estimate of drug-likeness (QED) is 0.759. The lowest BCUT2D eigenvalue weighted by molar-refractivity contribution is -0.139. The topological polar surface area (TPSA) is 84.7 Å². The van der Waals surface area contributed by atoms with Gasteiger partial charge in [-0.25, -0.2) is 13.6 Å². The number of aromatic nitrogens is 2. The highest BCUT2D eigenvalue weighted by Gasteiger charge is 2.27. The monoisotopic (exact) mass is 381 g/mol. The van der Waals surface area contributed by atoms with E-state index in [-0.39, 0.29) is 18.0 Å². The Balaban J connectivity index is 2.22. The third-order valence-electron chi connectivity index (χ3n) is 3.75. The molecule has 0 spiro atoms. The number of carboxylic acid groups (broad SMARTS) is 1. The number of benzene rings is 1. The van der Waals surface area contributed by atoms with Crippen LogP contribution in [-0.2, 0) is 11.3 Å². The van der Waals surface area contributed by atoms with Crippen LogP contribution < -0.4 is 9.64 Å². The van der Waals surface area contributed by atoms with Gasteiger partial charge >= 0.3 is 5.97 Å². The summed E-state index contributed by atoms with van der Waals surface area (Å²) in [7, 11) is 1.46. The molecule has 0 aliphatic carbocycles. The van der Waals surface area contributed by atoms with E-state index in [0.29, 0.717) is 11.4 Å². The van der Waals surface area contributed by atoms with Gasteiger partial charge < -0.3 is 14.7 Å². The highest BCUT2D eigenvalue weighted by Crippen LogP contribution is 2.27. The van der Waals surface area contributed by atoms with Crippen LogP contribution in [-0.4, -0.2) is 40.4 Å². The van der Waals surface area contributed by atoms with Crippen LogP contribution in [0.25, 0.3) is 0 Å². The molecule has 146 valence electrons. The van der Waals surface area contributed by atoms with Crippen LogP contribution in [0.4, 0.5) is 14.5 Å². The molecule has 1 amide bonds. The molecule has 0 radical (unpaired) electrons. The second-order valence-corrected chi connectivity index (χ2v) is 6.36. The minimum atomic E-state index is -2.83. The molecular formula is C18H21F2N3O4. The van der Waals surface area contributed by atoms with Crippen molar-refractivity contribution in [2.24, 2.45) is 5.92 Å². The fraction of sp³-hybridized carbons (Fsp3) is 0.389. The molecule has 2 aromatic rings. The molecule has 0 unspecified atom stereocenters. The maximum absolute atomic E-state index is 13.5. The Hall–Kier alpha value is -2.97. The third-order valence-corrected chi connectivity index (χ3v) is 3.75. The van der Waals surface area contributed by atoms with Crippen molar-refractivity contribution in [1.29, 1.82) is 0 Å². The van der Waals surface area contributed by atoms with E-state index in [1.165, 1.54) is 40.9 Å². The van der Waals surface area contributed by atoms with Gasteiger partial charge in [-0.2, -0.15) is 5.10 Å². The van der Waals surface area contributed by atoms with Crippen molar-refractivity contribution in [3.8, 4) is 5.75 Å². The van der Waals surface area contributed by atoms with Gasteiger partial charge in [-0.1, -0.05) is 13.8 Å². The van der Waals surface area contributed by atoms with Gasteiger partial charge in [-0.15, -0.1) is 0 Å². The van der Waals surface area contributed by atoms with E-state index in [4.69, 9.17) is 9.84 Å². The SMILES string of the molecule is CC(C)Cn1ncc(C(=O)N(C)c2ccc(OCC(=O)O)cc2)c1C(F)F. The van der Waals surface area contributed by atoms with Crippen LogP contribution in [0.1, 0.15) is 36.3 Å². The highest BCUT2D eigenvalue weighted by molar-refractivity contribution is 6.06. The number of carboxylic acids is 1. The van der Waals surface area contributed by atoms with E-state index in [1.807, 2.05) is 13.8 Å². The molecule has 0 aliphatic rings. The summed E-state index contributed by atoms with van der Waals surface area (Å²) >= 11 is 0. The normalized spacial score (nSPS) is 11.1. The first-order valence-corrected chi connectivity index (χ1v) is 8.27. The van der Waals surface area contributed by atoms with Gasteiger partial charge in [0, 0.05) is 19.3 Å². The zero-order valence-corrected chi connectivity index (χ0v) is 15.2. The van der Waals surface area contributed by atoms with Gasteiger partial charge in [-0.3, -0.25) is 9.48 Å². The van der Waals surface area contributed by atoms with Crippen LogP contribution >= 0.6 is 0 Å². The van der Waals surface area contributed by atoms with Gasteiger partial charge in [0.25, 0.3) is 12.3 Å². The predicted molar refractivity (Wildman–Crippen MR) is 94.3 cm³/mol. The molecule has 2 rings (SSSR count). The number of hydrogen-bond donors (Lipinski definition) is 1. The first-order valence-electron chi connectivity index (χ1n) is 8.27. The van der Waals surface area contributed by atoms with Crippen molar-refractivity contribution in [3.63, 3.8) is 0 Å². The Bertz CT molecular complexity index is 803. The maximum atomic E-state index is 13.5. The Labute approximate surface area is 155 Å². The largest absolute Gasteiger partial charge is 0.482 e. The Morgan fingerprint density at radius 1 is 1.26 bits per heavy atom. The smallest absolute Gasteiger partial charge is 0.341 e. The number of anilines is 1. The number of ether oxygens (including phenoxy) is 1. The molecule has 0 saturated carbocycles. The Morgan fingerprint density at radius 3 is 2.41 bits per heavy atom. The molecule has 1 aromatic heterocycles. The van der Waals surface area contributed by atoms with Gasteiger partial charge in [-0.05, 0) is 30.2 Å². The molecule has 9 heteroatoms. The average Bonchev–Trinajstić information content (AvgIpc) is 3.02. The molecule has 1 heterocycles. The number of amides is 1. The summed E-state index contributed by atoms with van der Waals surface area (Å²) in [6, 6.07) is 6.07. The number of nitrogens with zero attached hydrogens (tertiary/aromatic N) is 3. The van der Waals surface area contributed by atoms with E-state index in [9.17, 15) is 18.4 Å². The molecule has 0 fully saturated rings. The number of carbonyl (C=O) groups excluding carboxylic acids is 1. The number of carbonyl (C=O) groups is 2. The van der Waals surface area contributed by atoms with Crippen molar-refractivity contribution in [1.82, 2.24) is 9.78 Å². The molecule has 0 aliphatic heterocycles. The third kappa shape index (κ3) is 5.02. The number of hydrogen-bond acceptors (Lipinski definition) is 4. The van der Waals surface area contributed by atoms with Gasteiger partial charge in [0.15, 0.2) is 6.61 Å². The second kappa shape index (κ2) is 8.61. The first kappa shape index (κ1) is 20.3. The van der Waals surface area contributed by atoms with Crippen molar-refractivity contribution in [2.75, 3.05) is 18.6 Å². The summed E-state index contributed by atoms with van der Waals surface area (Å²) in [5.41, 5.74) is -0.110. The van der Waals surface area contributed by atoms with E-state index >= 15 is 0 Å². The lowest BCUT2D eigenvalue weighted by atomic mass is 10.2. The lowest BCUT2D eigenvalue weighted by Crippen LogP contribution is -2.27.